The van der Waals surface area contributed by atoms with Crippen LogP contribution in [0.4, 0.5) is 34.1 Å². The first kappa shape index (κ1) is 40.5. The average Bonchev–Trinajstić information content (AvgIpc) is 3.11. The molecule has 54 heavy (non-hydrogen) atoms. The number of benzene rings is 5. The predicted molar refractivity (Wildman–Crippen MR) is 235 cm³/mol. The maximum atomic E-state index is 13.3. The van der Waals surface area contributed by atoms with E-state index < -0.39 is 20.0 Å². The summed E-state index contributed by atoms with van der Waals surface area (Å²) in [6, 6.07) is 32.4. The van der Waals surface area contributed by atoms with Crippen LogP contribution in [0, 0.1) is 0 Å². The lowest BCUT2D eigenvalue weighted by Gasteiger charge is -2.17. The largest absolute Gasteiger partial charge is 0.332 e. The van der Waals surface area contributed by atoms with Crippen LogP contribution in [0.15, 0.2) is 131 Å². The Kier molecular flexibility index (Phi) is 13.6. The molecular formula is C34H28Cl2N8O4S6. The Hall–Kier alpha value is -4.66. The van der Waals surface area contributed by atoms with Crippen molar-refractivity contribution in [3.05, 3.63) is 131 Å². The highest BCUT2D eigenvalue weighted by atomic mass is 35.5. The van der Waals surface area contributed by atoms with Crippen LogP contribution in [-0.2, 0) is 20.0 Å². The van der Waals surface area contributed by atoms with Crippen LogP contribution in [-0.4, -0.2) is 37.3 Å². The number of rotatable bonds is 10. The molecule has 8 N–H and O–H groups in total. The molecule has 0 aliphatic rings. The van der Waals surface area contributed by atoms with Crippen LogP contribution in [0.25, 0.3) is 0 Å². The summed E-state index contributed by atoms with van der Waals surface area (Å²) in [6.07, 6.45) is 0. The molecule has 5 aromatic carbocycles. The van der Waals surface area contributed by atoms with E-state index in [1.54, 1.807) is 109 Å². The second kappa shape index (κ2) is 18.1. The third-order valence-corrected chi connectivity index (χ3v) is 11.3. The van der Waals surface area contributed by atoms with Gasteiger partial charge in [-0.1, -0.05) is 47.5 Å². The van der Waals surface area contributed by atoms with Crippen LogP contribution in [0.3, 0.4) is 0 Å². The summed E-state index contributed by atoms with van der Waals surface area (Å²) in [5.74, 6) is 0. The fourth-order valence-electron chi connectivity index (χ4n) is 4.55. The van der Waals surface area contributed by atoms with E-state index in [0.717, 1.165) is 0 Å². The van der Waals surface area contributed by atoms with Gasteiger partial charge in [0.15, 0.2) is 20.4 Å². The van der Waals surface area contributed by atoms with Gasteiger partial charge in [-0.25, -0.2) is 16.8 Å². The van der Waals surface area contributed by atoms with Crippen molar-refractivity contribution in [2.24, 2.45) is 0 Å². The molecule has 5 rings (SSSR count). The minimum atomic E-state index is -4.16. The maximum absolute atomic E-state index is 13.3. The third-order valence-electron chi connectivity index (χ3n) is 6.91. The standard InChI is InChI=1S/C34H28Cl2N8O4S6/c35-21-9-13-23(14-10-21)37-31(49)41-27-5-1-3-7-29(27)53(45,46)43-33(51)39-25-17-19-26(20-18-25)40-34(52)44-54(47,48)30-8-4-2-6-28(30)42-32(50)38-24-15-11-22(36)12-16-24/h1-20H,(H2,37,41,49)(H2,38,42,50)(H2,39,43,51)(H2,40,44,52). The van der Waals surface area contributed by atoms with Crippen molar-refractivity contribution in [2.75, 3.05) is 31.9 Å². The van der Waals surface area contributed by atoms with Gasteiger partial charge < -0.3 is 31.9 Å². The minimum Gasteiger partial charge on any atom is -0.332 e. The number of sulfonamides is 2. The van der Waals surface area contributed by atoms with Crippen molar-refractivity contribution in [2.45, 2.75) is 9.79 Å². The van der Waals surface area contributed by atoms with Gasteiger partial charge in [-0.05, 0) is 146 Å². The van der Waals surface area contributed by atoms with E-state index in [0.29, 0.717) is 32.8 Å². The van der Waals surface area contributed by atoms with Crippen molar-refractivity contribution >= 4 is 147 Å². The van der Waals surface area contributed by atoms with E-state index >= 15 is 0 Å². The first-order chi connectivity index (χ1) is 25.7. The minimum absolute atomic E-state index is 0.0966. The molecule has 278 valence electrons. The van der Waals surface area contributed by atoms with Crippen molar-refractivity contribution < 1.29 is 16.8 Å². The second-order valence-electron chi connectivity index (χ2n) is 10.9. The monoisotopic (exact) mass is 874 g/mol. The zero-order valence-electron chi connectivity index (χ0n) is 27.4. The molecule has 0 aliphatic heterocycles. The molecular weight excluding hydrogens is 848 g/mol. The fraction of sp³-hybridized carbons (Fsp3) is 0. The summed E-state index contributed by atoms with van der Waals surface area (Å²) >= 11 is 33.2. The topological polar surface area (TPSA) is 165 Å². The van der Waals surface area contributed by atoms with E-state index in [-0.39, 0.29) is 41.6 Å². The van der Waals surface area contributed by atoms with Gasteiger partial charge in [0.1, 0.15) is 9.79 Å². The van der Waals surface area contributed by atoms with Crippen LogP contribution in [0.2, 0.25) is 10.0 Å². The summed E-state index contributed by atoms with van der Waals surface area (Å²) < 4.78 is 58.0. The zero-order valence-corrected chi connectivity index (χ0v) is 33.8. The van der Waals surface area contributed by atoms with Gasteiger partial charge in [-0.2, -0.15) is 0 Å². The van der Waals surface area contributed by atoms with E-state index in [1.165, 1.54) is 12.1 Å². The summed E-state index contributed by atoms with van der Waals surface area (Å²) in [5.41, 5.74) is 2.62. The highest BCUT2D eigenvalue weighted by molar-refractivity contribution is 7.92. The number of nitrogens with one attached hydrogen (secondary N) is 8. The molecule has 0 amide bonds. The lowest BCUT2D eigenvalue weighted by Crippen LogP contribution is -2.35. The van der Waals surface area contributed by atoms with Gasteiger partial charge in [-0.3, -0.25) is 9.44 Å². The Morgan fingerprint density at radius 3 is 1.00 bits per heavy atom. The van der Waals surface area contributed by atoms with Crippen molar-refractivity contribution in [1.82, 2.24) is 9.44 Å². The van der Waals surface area contributed by atoms with Crippen LogP contribution >= 0.6 is 72.1 Å². The molecule has 0 heterocycles. The highest BCUT2D eigenvalue weighted by Gasteiger charge is 2.22. The Morgan fingerprint density at radius 1 is 0.389 bits per heavy atom. The smallest absolute Gasteiger partial charge is 0.265 e. The van der Waals surface area contributed by atoms with E-state index in [2.05, 4.69) is 41.3 Å². The molecule has 0 spiro atoms. The summed E-state index contributed by atoms with van der Waals surface area (Å²) in [7, 11) is -8.32. The quantitative estimate of drug-likeness (QED) is 0.0638. The fourth-order valence-corrected chi connectivity index (χ4v) is 8.29. The van der Waals surface area contributed by atoms with Gasteiger partial charge in [0.25, 0.3) is 20.0 Å². The Labute approximate surface area is 343 Å². The van der Waals surface area contributed by atoms with Gasteiger partial charge in [0.05, 0.1) is 11.4 Å². The molecule has 0 atom stereocenters. The summed E-state index contributed by atoms with van der Waals surface area (Å²) in [5, 5.41) is 18.4. The van der Waals surface area contributed by atoms with Crippen LogP contribution in [0.1, 0.15) is 0 Å². The maximum Gasteiger partial charge on any atom is 0.265 e. The molecule has 0 saturated carbocycles. The lowest BCUT2D eigenvalue weighted by molar-refractivity contribution is 0.591. The van der Waals surface area contributed by atoms with Crippen LogP contribution in [0.5, 0.6) is 0 Å². The second-order valence-corrected chi connectivity index (χ2v) is 16.7. The number of hydrogen-bond donors (Lipinski definition) is 8. The van der Waals surface area contributed by atoms with Crippen molar-refractivity contribution in [1.29, 1.82) is 0 Å². The summed E-state index contributed by atoms with van der Waals surface area (Å²) in [4.78, 5) is -0.193. The van der Waals surface area contributed by atoms with Crippen molar-refractivity contribution in [3.8, 4) is 0 Å². The van der Waals surface area contributed by atoms with Gasteiger partial charge in [0, 0.05) is 32.8 Å². The number of halogens is 2. The molecule has 0 saturated heterocycles. The number of para-hydroxylation sites is 2. The first-order valence-electron chi connectivity index (χ1n) is 15.3. The molecule has 5 aromatic rings. The predicted octanol–water partition coefficient (Wildman–Crippen LogP) is 7.96. The molecule has 0 radical (unpaired) electrons. The Morgan fingerprint density at radius 2 is 0.667 bits per heavy atom. The average molecular weight is 876 g/mol. The first-order valence-corrected chi connectivity index (χ1v) is 20.7. The number of hydrogen-bond acceptors (Lipinski definition) is 8. The molecule has 0 aliphatic carbocycles. The summed E-state index contributed by atoms with van der Waals surface area (Å²) in [6.45, 7) is 0. The molecule has 0 bridgehead atoms. The van der Waals surface area contributed by atoms with Gasteiger partial charge in [-0.15, -0.1) is 0 Å². The number of anilines is 6. The molecule has 0 aromatic heterocycles. The van der Waals surface area contributed by atoms with E-state index in [1.807, 2.05) is 0 Å². The highest BCUT2D eigenvalue weighted by Crippen LogP contribution is 2.24. The molecule has 0 unspecified atom stereocenters. The van der Waals surface area contributed by atoms with Crippen molar-refractivity contribution in [3.63, 3.8) is 0 Å². The van der Waals surface area contributed by atoms with E-state index in [9.17, 15) is 16.8 Å². The molecule has 0 fully saturated rings. The van der Waals surface area contributed by atoms with Crippen LogP contribution < -0.4 is 41.3 Å². The number of thiocarbonyl (C=S) groups is 4. The lowest BCUT2D eigenvalue weighted by atomic mass is 10.3. The van der Waals surface area contributed by atoms with Gasteiger partial charge in [0.2, 0.25) is 0 Å². The normalized spacial score (nSPS) is 11.0. The zero-order chi connectivity index (χ0) is 38.9. The van der Waals surface area contributed by atoms with E-state index in [4.69, 9.17) is 72.1 Å². The SMILES string of the molecule is O=S(=O)(NC(=S)Nc1ccc(NC(=S)NS(=O)(=O)c2ccccc2NC(=S)Nc2ccc(Cl)cc2)cc1)c1ccccc1NC(=S)Nc1ccc(Cl)cc1. The Balaban J connectivity index is 1.15. The third kappa shape index (κ3) is 11.7. The molecule has 12 nitrogen and oxygen atoms in total. The van der Waals surface area contributed by atoms with Gasteiger partial charge >= 0.3 is 0 Å². The molecule has 20 heteroatoms. The Bertz CT molecular complexity index is 2250.